The second-order valence-corrected chi connectivity index (χ2v) is 5.20. The van der Waals surface area contributed by atoms with Crippen LogP contribution in [0.3, 0.4) is 0 Å². The van der Waals surface area contributed by atoms with E-state index in [-0.39, 0.29) is 29.4 Å². The molecule has 0 atom stereocenters. The number of hydrogen-bond acceptors (Lipinski definition) is 6. The van der Waals surface area contributed by atoms with Gasteiger partial charge in [0.15, 0.2) is 11.5 Å². The number of aryl methyl sites for hydroxylation is 1. The van der Waals surface area contributed by atoms with Crippen LogP contribution in [0.1, 0.15) is 21.5 Å². The Morgan fingerprint density at radius 1 is 1.19 bits per heavy atom. The summed E-state index contributed by atoms with van der Waals surface area (Å²) >= 11 is 0. The van der Waals surface area contributed by atoms with E-state index in [1.54, 1.807) is 6.92 Å². The molecule has 0 aromatic heterocycles. The number of carbonyl (C=O) groups excluding carboxylic acids is 1. The first-order valence-electron chi connectivity index (χ1n) is 7.35. The molecule has 0 radical (unpaired) electrons. The minimum atomic E-state index is -3.00. The fourth-order valence-corrected chi connectivity index (χ4v) is 2.16. The Morgan fingerprint density at radius 2 is 1.92 bits per heavy atom. The van der Waals surface area contributed by atoms with E-state index >= 15 is 0 Å². The number of nitro groups is 1. The van der Waals surface area contributed by atoms with E-state index in [1.807, 2.05) is 0 Å². The standard InChI is InChI=1S/C17H15F2NO6/c1-10-3-5-12(8-13(10)20(22)23)16(21)25-9-11-4-6-14(26-17(18)19)15(7-11)24-2/h3-8,17H,9H2,1-2H3. The number of hydrogen-bond donors (Lipinski definition) is 0. The summed E-state index contributed by atoms with van der Waals surface area (Å²) in [7, 11) is 1.29. The van der Waals surface area contributed by atoms with E-state index in [0.717, 1.165) is 6.07 Å². The molecule has 0 heterocycles. The molecule has 0 bridgehead atoms. The molecule has 2 aromatic rings. The van der Waals surface area contributed by atoms with Gasteiger partial charge in [-0.25, -0.2) is 4.79 Å². The van der Waals surface area contributed by atoms with Crippen LogP contribution in [-0.4, -0.2) is 24.6 Å². The van der Waals surface area contributed by atoms with E-state index in [1.165, 1.54) is 37.4 Å². The molecule has 0 aliphatic heterocycles. The van der Waals surface area contributed by atoms with Gasteiger partial charge in [-0.2, -0.15) is 8.78 Å². The molecule has 0 saturated carbocycles. The molecule has 2 aromatic carbocycles. The first-order valence-corrected chi connectivity index (χ1v) is 7.35. The van der Waals surface area contributed by atoms with E-state index < -0.39 is 17.5 Å². The summed E-state index contributed by atoms with van der Waals surface area (Å²) in [5.41, 5.74) is 0.742. The molecule has 9 heteroatoms. The molecule has 0 saturated heterocycles. The van der Waals surface area contributed by atoms with Gasteiger partial charge in [0.25, 0.3) is 5.69 Å². The average Bonchev–Trinajstić information content (AvgIpc) is 2.60. The number of rotatable bonds is 7. The zero-order valence-corrected chi connectivity index (χ0v) is 13.9. The van der Waals surface area contributed by atoms with Crippen LogP contribution in [0.5, 0.6) is 11.5 Å². The number of carbonyl (C=O) groups is 1. The van der Waals surface area contributed by atoms with Crippen LogP contribution in [-0.2, 0) is 11.3 Å². The normalized spacial score (nSPS) is 10.5. The molecule has 26 heavy (non-hydrogen) atoms. The molecule has 0 unspecified atom stereocenters. The van der Waals surface area contributed by atoms with Gasteiger partial charge in [-0.3, -0.25) is 10.1 Å². The lowest BCUT2D eigenvalue weighted by molar-refractivity contribution is -0.385. The lowest BCUT2D eigenvalue weighted by atomic mass is 10.1. The molecule has 0 amide bonds. The summed E-state index contributed by atoms with van der Waals surface area (Å²) in [6.07, 6.45) is 0. The molecule has 0 fully saturated rings. The minimum Gasteiger partial charge on any atom is -0.493 e. The zero-order chi connectivity index (χ0) is 19.3. The Kier molecular flexibility index (Phi) is 6.05. The molecule has 0 aliphatic carbocycles. The van der Waals surface area contributed by atoms with Gasteiger partial charge in [0.1, 0.15) is 6.61 Å². The predicted octanol–water partition coefficient (Wildman–Crippen LogP) is 3.87. The zero-order valence-electron chi connectivity index (χ0n) is 13.9. The van der Waals surface area contributed by atoms with Crippen molar-refractivity contribution in [2.75, 3.05) is 7.11 Å². The van der Waals surface area contributed by atoms with Crippen molar-refractivity contribution in [2.24, 2.45) is 0 Å². The van der Waals surface area contributed by atoms with Crippen molar-refractivity contribution in [1.82, 2.24) is 0 Å². The van der Waals surface area contributed by atoms with E-state index in [2.05, 4.69) is 4.74 Å². The number of esters is 1. The number of methoxy groups -OCH3 is 1. The fourth-order valence-electron chi connectivity index (χ4n) is 2.16. The topological polar surface area (TPSA) is 87.9 Å². The van der Waals surface area contributed by atoms with Crippen molar-refractivity contribution < 1.29 is 32.7 Å². The van der Waals surface area contributed by atoms with Crippen LogP contribution in [0, 0.1) is 17.0 Å². The van der Waals surface area contributed by atoms with Crippen LogP contribution in [0.15, 0.2) is 36.4 Å². The quantitative estimate of drug-likeness (QED) is 0.419. The first-order chi connectivity index (χ1) is 12.3. The average molecular weight is 367 g/mol. The third-order valence-electron chi connectivity index (χ3n) is 3.46. The maximum atomic E-state index is 12.3. The van der Waals surface area contributed by atoms with Crippen molar-refractivity contribution in [3.05, 3.63) is 63.2 Å². The molecule has 0 spiro atoms. The van der Waals surface area contributed by atoms with Crippen LogP contribution in [0.4, 0.5) is 14.5 Å². The SMILES string of the molecule is COc1cc(COC(=O)c2ccc(C)c([N+](=O)[O-])c2)ccc1OC(F)F. The highest BCUT2D eigenvalue weighted by Crippen LogP contribution is 2.30. The molecular weight excluding hydrogens is 352 g/mol. The molecule has 0 N–H and O–H groups in total. The molecule has 0 aliphatic rings. The third kappa shape index (κ3) is 4.65. The first kappa shape index (κ1) is 19.1. The Morgan fingerprint density at radius 3 is 2.54 bits per heavy atom. The van der Waals surface area contributed by atoms with E-state index in [9.17, 15) is 23.7 Å². The third-order valence-corrected chi connectivity index (χ3v) is 3.46. The number of benzene rings is 2. The van der Waals surface area contributed by atoms with Gasteiger partial charge >= 0.3 is 12.6 Å². The Hall–Kier alpha value is -3.23. The summed E-state index contributed by atoms with van der Waals surface area (Å²) < 4.78 is 39.0. The fraction of sp³-hybridized carbons (Fsp3) is 0.235. The summed E-state index contributed by atoms with van der Waals surface area (Å²) in [6.45, 7) is -1.61. The summed E-state index contributed by atoms with van der Waals surface area (Å²) in [5, 5.41) is 10.9. The van der Waals surface area contributed by atoms with Gasteiger partial charge in [-0.1, -0.05) is 12.1 Å². The maximum absolute atomic E-state index is 12.3. The van der Waals surface area contributed by atoms with Crippen molar-refractivity contribution in [3.63, 3.8) is 0 Å². The van der Waals surface area contributed by atoms with Crippen molar-refractivity contribution in [3.8, 4) is 11.5 Å². The monoisotopic (exact) mass is 367 g/mol. The van der Waals surface area contributed by atoms with Gasteiger partial charge in [0.2, 0.25) is 0 Å². The van der Waals surface area contributed by atoms with Gasteiger partial charge in [0, 0.05) is 11.6 Å². The minimum absolute atomic E-state index is 0.0342. The highest BCUT2D eigenvalue weighted by Gasteiger charge is 2.17. The molecular formula is C17H15F2NO6. The largest absolute Gasteiger partial charge is 0.493 e. The summed E-state index contributed by atoms with van der Waals surface area (Å²) in [6, 6.07) is 8.11. The second-order valence-electron chi connectivity index (χ2n) is 5.20. The summed E-state index contributed by atoms with van der Waals surface area (Å²) in [4.78, 5) is 22.4. The van der Waals surface area contributed by atoms with Crippen LogP contribution >= 0.6 is 0 Å². The van der Waals surface area contributed by atoms with Crippen molar-refractivity contribution >= 4 is 11.7 Å². The number of nitrogens with zero attached hydrogens (tertiary/aromatic N) is 1. The van der Waals surface area contributed by atoms with Gasteiger partial charge in [-0.05, 0) is 30.7 Å². The maximum Gasteiger partial charge on any atom is 0.387 e. The highest BCUT2D eigenvalue weighted by molar-refractivity contribution is 5.90. The summed E-state index contributed by atoms with van der Waals surface area (Å²) in [5.74, 6) is -0.837. The number of nitro benzene ring substituents is 1. The smallest absolute Gasteiger partial charge is 0.387 e. The predicted molar refractivity (Wildman–Crippen MR) is 86.6 cm³/mol. The van der Waals surface area contributed by atoms with E-state index in [4.69, 9.17) is 9.47 Å². The van der Waals surface area contributed by atoms with Crippen molar-refractivity contribution in [2.45, 2.75) is 20.1 Å². The lowest BCUT2D eigenvalue weighted by Gasteiger charge is -2.11. The Labute approximate surface area is 147 Å². The Bertz CT molecular complexity index is 825. The molecule has 7 nitrogen and oxygen atoms in total. The van der Waals surface area contributed by atoms with Gasteiger partial charge < -0.3 is 14.2 Å². The number of ether oxygens (including phenoxy) is 3. The van der Waals surface area contributed by atoms with Crippen LogP contribution < -0.4 is 9.47 Å². The second kappa shape index (κ2) is 8.24. The van der Waals surface area contributed by atoms with E-state index in [0.29, 0.717) is 11.1 Å². The van der Waals surface area contributed by atoms with Crippen molar-refractivity contribution in [1.29, 1.82) is 0 Å². The highest BCUT2D eigenvalue weighted by atomic mass is 19.3. The molecule has 2 rings (SSSR count). The van der Waals surface area contributed by atoms with Crippen LogP contribution in [0.25, 0.3) is 0 Å². The Balaban J connectivity index is 2.10. The van der Waals surface area contributed by atoms with Crippen LogP contribution in [0.2, 0.25) is 0 Å². The lowest BCUT2D eigenvalue weighted by Crippen LogP contribution is -2.07. The van der Waals surface area contributed by atoms with Gasteiger partial charge in [0.05, 0.1) is 17.6 Å². The van der Waals surface area contributed by atoms with Gasteiger partial charge in [-0.15, -0.1) is 0 Å². The number of alkyl halides is 2. The molecule has 138 valence electrons. The number of halogens is 2.